The van der Waals surface area contributed by atoms with Crippen LogP contribution in [0.25, 0.3) is 0 Å². The largest absolute Gasteiger partial charge is 0.377 e. The molecule has 0 saturated heterocycles. The van der Waals surface area contributed by atoms with Crippen molar-refractivity contribution in [2.24, 2.45) is 0 Å². The normalized spacial score (nSPS) is 13.2. The number of carbonyl (C=O) groups excluding carboxylic acids is 2. The molecule has 1 aromatic rings. The Labute approximate surface area is 140 Å². The SMILES string of the molecule is CCCNC(=O)CN(C)C(=O)c1ccc(NC2CC2)c([N+](=O)[O-])c1. The third-order valence-electron chi connectivity index (χ3n) is 3.68. The molecule has 0 spiro atoms. The highest BCUT2D eigenvalue weighted by molar-refractivity contribution is 5.97. The first-order valence-corrected chi connectivity index (χ1v) is 7.99. The van der Waals surface area contributed by atoms with Gasteiger partial charge in [0.15, 0.2) is 0 Å². The van der Waals surface area contributed by atoms with E-state index < -0.39 is 10.8 Å². The summed E-state index contributed by atoms with van der Waals surface area (Å²) in [7, 11) is 1.50. The second-order valence-electron chi connectivity index (χ2n) is 5.92. The van der Waals surface area contributed by atoms with Crippen LogP contribution in [0.1, 0.15) is 36.5 Å². The Kier molecular flexibility index (Phi) is 5.73. The molecule has 2 N–H and O–H groups in total. The molecule has 0 aromatic heterocycles. The summed E-state index contributed by atoms with van der Waals surface area (Å²) in [5.74, 6) is -0.683. The molecule has 0 radical (unpaired) electrons. The number of anilines is 1. The van der Waals surface area contributed by atoms with Crippen LogP contribution in [-0.4, -0.2) is 47.8 Å². The maximum atomic E-state index is 12.4. The smallest absolute Gasteiger partial charge is 0.293 e. The predicted octanol–water partition coefficient (Wildman–Crippen LogP) is 1.77. The molecule has 2 rings (SSSR count). The second kappa shape index (κ2) is 7.76. The molecule has 2 amide bonds. The Bertz CT molecular complexity index is 643. The van der Waals surface area contributed by atoms with Crippen molar-refractivity contribution in [3.05, 3.63) is 33.9 Å². The van der Waals surface area contributed by atoms with Gasteiger partial charge in [-0.05, 0) is 31.4 Å². The summed E-state index contributed by atoms with van der Waals surface area (Å²) in [5, 5.41) is 17.0. The molecule has 1 aliphatic rings. The zero-order valence-corrected chi connectivity index (χ0v) is 13.9. The number of rotatable bonds is 8. The summed E-state index contributed by atoms with van der Waals surface area (Å²) in [4.78, 5) is 36.0. The summed E-state index contributed by atoms with van der Waals surface area (Å²) < 4.78 is 0. The van der Waals surface area contributed by atoms with Crippen LogP contribution in [0, 0.1) is 10.1 Å². The van der Waals surface area contributed by atoms with Gasteiger partial charge in [0.2, 0.25) is 5.91 Å². The molecule has 24 heavy (non-hydrogen) atoms. The van der Waals surface area contributed by atoms with E-state index in [9.17, 15) is 19.7 Å². The van der Waals surface area contributed by atoms with Gasteiger partial charge in [-0.25, -0.2) is 0 Å². The number of benzene rings is 1. The fraction of sp³-hybridized carbons (Fsp3) is 0.500. The molecule has 1 fully saturated rings. The van der Waals surface area contributed by atoms with Crippen molar-refractivity contribution in [1.82, 2.24) is 10.2 Å². The Morgan fingerprint density at radius 3 is 2.67 bits per heavy atom. The molecule has 1 aromatic carbocycles. The van der Waals surface area contributed by atoms with Crippen LogP contribution in [0.5, 0.6) is 0 Å². The standard InChI is InChI=1S/C16H22N4O4/c1-3-8-17-15(21)10-19(2)16(22)11-4-7-13(18-12-5-6-12)14(9-11)20(23)24/h4,7,9,12,18H,3,5-6,8,10H2,1-2H3,(H,17,21). The zero-order valence-electron chi connectivity index (χ0n) is 13.9. The van der Waals surface area contributed by atoms with Crippen LogP contribution in [0.4, 0.5) is 11.4 Å². The van der Waals surface area contributed by atoms with Gasteiger partial charge in [0.25, 0.3) is 11.6 Å². The van der Waals surface area contributed by atoms with Crippen molar-refractivity contribution in [1.29, 1.82) is 0 Å². The summed E-state index contributed by atoms with van der Waals surface area (Å²) in [6.45, 7) is 2.40. The van der Waals surface area contributed by atoms with Gasteiger partial charge in [-0.1, -0.05) is 6.92 Å². The first-order valence-electron chi connectivity index (χ1n) is 7.99. The minimum absolute atomic E-state index is 0.0886. The van der Waals surface area contributed by atoms with Crippen molar-refractivity contribution in [3.63, 3.8) is 0 Å². The van der Waals surface area contributed by atoms with Gasteiger partial charge in [0, 0.05) is 31.3 Å². The number of amides is 2. The summed E-state index contributed by atoms with van der Waals surface area (Å²) in [6, 6.07) is 4.62. The van der Waals surface area contributed by atoms with Crippen molar-refractivity contribution in [3.8, 4) is 0 Å². The van der Waals surface area contributed by atoms with Gasteiger partial charge in [0.1, 0.15) is 5.69 Å². The molecular weight excluding hydrogens is 312 g/mol. The van der Waals surface area contributed by atoms with Crippen LogP contribution >= 0.6 is 0 Å². The van der Waals surface area contributed by atoms with E-state index in [1.165, 1.54) is 18.0 Å². The van der Waals surface area contributed by atoms with E-state index in [1.807, 2.05) is 6.92 Å². The maximum Gasteiger partial charge on any atom is 0.293 e. The first kappa shape index (κ1) is 17.7. The average Bonchev–Trinajstić information content (AvgIpc) is 3.36. The van der Waals surface area contributed by atoms with Gasteiger partial charge in [-0.3, -0.25) is 19.7 Å². The lowest BCUT2D eigenvalue weighted by Gasteiger charge is -2.17. The number of nitro benzene ring substituents is 1. The number of nitro groups is 1. The summed E-state index contributed by atoms with van der Waals surface area (Å²) in [6.07, 6.45) is 2.80. The molecule has 8 nitrogen and oxygen atoms in total. The number of likely N-dealkylation sites (N-methyl/N-ethyl adjacent to an activating group) is 1. The average molecular weight is 334 g/mol. The zero-order chi connectivity index (χ0) is 17.7. The third-order valence-corrected chi connectivity index (χ3v) is 3.68. The van der Waals surface area contributed by atoms with Gasteiger partial charge in [0.05, 0.1) is 11.5 Å². The molecule has 0 unspecified atom stereocenters. The molecule has 130 valence electrons. The van der Waals surface area contributed by atoms with E-state index in [0.29, 0.717) is 12.2 Å². The summed E-state index contributed by atoms with van der Waals surface area (Å²) >= 11 is 0. The van der Waals surface area contributed by atoms with E-state index in [2.05, 4.69) is 10.6 Å². The fourth-order valence-electron chi connectivity index (χ4n) is 2.21. The summed E-state index contributed by atoms with van der Waals surface area (Å²) in [5.41, 5.74) is 0.479. The Morgan fingerprint density at radius 1 is 1.38 bits per heavy atom. The van der Waals surface area contributed by atoms with Crippen molar-refractivity contribution in [2.45, 2.75) is 32.2 Å². The lowest BCUT2D eigenvalue weighted by atomic mass is 10.1. The highest BCUT2D eigenvalue weighted by Crippen LogP contribution is 2.31. The van der Waals surface area contributed by atoms with Crippen LogP contribution in [-0.2, 0) is 4.79 Å². The number of hydrogen-bond acceptors (Lipinski definition) is 5. The highest BCUT2D eigenvalue weighted by atomic mass is 16.6. The lowest BCUT2D eigenvalue weighted by Crippen LogP contribution is -2.38. The second-order valence-corrected chi connectivity index (χ2v) is 5.92. The molecule has 0 heterocycles. The monoisotopic (exact) mass is 334 g/mol. The Morgan fingerprint density at radius 2 is 2.08 bits per heavy atom. The van der Waals surface area contributed by atoms with E-state index in [4.69, 9.17) is 0 Å². The molecule has 0 bridgehead atoms. The van der Waals surface area contributed by atoms with Crippen LogP contribution in [0.15, 0.2) is 18.2 Å². The Balaban J connectivity index is 2.09. The fourth-order valence-corrected chi connectivity index (χ4v) is 2.21. The minimum atomic E-state index is -0.505. The molecular formula is C16H22N4O4. The Hall–Kier alpha value is -2.64. The van der Waals surface area contributed by atoms with E-state index in [-0.39, 0.29) is 29.7 Å². The molecule has 1 aliphatic carbocycles. The van der Waals surface area contributed by atoms with E-state index in [0.717, 1.165) is 19.3 Å². The van der Waals surface area contributed by atoms with Gasteiger partial charge in [-0.15, -0.1) is 0 Å². The molecule has 0 aliphatic heterocycles. The lowest BCUT2D eigenvalue weighted by molar-refractivity contribution is -0.384. The third kappa shape index (κ3) is 4.68. The van der Waals surface area contributed by atoms with Crippen molar-refractivity contribution < 1.29 is 14.5 Å². The first-order chi connectivity index (χ1) is 11.4. The number of nitrogens with zero attached hydrogens (tertiary/aromatic N) is 2. The van der Waals surface area contributed by atoms with Crippen LogP contribution in [0.2, 0.25) is 0 Å². The van der Waals surface area contributed by atoms with Crippen LogP contribution < -0.4 is 10.6 Å². The number of carbonyl (C=O) groups is 2. The van der Waals surface area contributed by atoms with Gasteiger partial charge < -0.3 is 15.5 Å². The molecule has 1 saturated carbocycles. The minimum Gasteiger partial charge on any atom is -0.377 e. The van der Waals surface area contributed by atoms with Gasteiger partial charge in [-0.2, -0.15) is 0 Å². The van der Waals surface area contributed by atoms with E-state index in [1.54, 1.807) is 12.1 Å². The topological polar surface area (TPSA) is 105 Å². The number of hydrogen-bond donors (Lipinski definition) is 2. The highest BCUT2D eigenvalue weighted by Gasteiger charge is 2.26. The predicted molar refractivity (Wildman–Crippen MR) is 90.0 cm³/mol. The number of nitrogens with one attached hydrogen (secondary N) is 2. The molecule has 0 atom stereocenters. The molecule has 8 heteroatoms. The van der Waals surface area contributed by atoms with Crippen LogP contribution in [0.3, 0.4) is 0 Å². The quantitative estimate of drug-likeness (QED) is 0.557. The van der Waals surface area contributed by atoms with Crippen molar-refractivity contribution in [2.75, 3.05) is 25.5 Å². The van der Waals surface area contributed by atoms with Gasteiger partial charge >= 0.3 is 0 Å². The van der Waals surface area contributed by atoms with E-state index >= 15 is 0 Å². The van der Waals surface area contributed by atoms with Crippen molar-refractivity contribution >= 4 is 23.2 Å². The maximum absolute atomic E-state index is 12.4.